The van der Waals surface area contributed by atoms with Gasteiger partial charge in [0.2, 0.25) is 0 Å². The molecule has 8 heteroatoms. The van der Waals surface area contributed by atoms with Gasteiger partial charge in [-0.25, -0.2) is 4.21 Å². The van der Waals surface area contributed by atoms with Gasteiger partial charge in [-0.05, 0) is 39.7 Å². The molecule has 0 bridgehead atoms. The first-order valence-corrected chi connectivity index (χ1v) is 10.7. The maximum absolute atomic E-state index is 11.4. The molecule has 132 valence electrons. The SMILES string of the molecule is CC(C)(CN1CCSCCN(CC(C)(C)S(=O)O)CC1)SO. The van der Waals surface area contributed by atoms with Crippen molar-refractivity contribution in [2.24, 2.45) is 0 Å². The van der Waals surface area contributed by atoms with Crippen molar-refractivity contribution < 1.29 is 13.3 Å². The zero-order valence-corrected chi connectivity index (χ0v) is 16.5. The zero-order chi connectivity index (χ0) is 16.8. The third-order valence-corrected chi connectivity index (χ3v) is 6.41. The van der Waals surface area contributed by atoms with Gasteiger partial charge in [0.15, 0.2) is 11.1 Å². The minimum absolute atomic E-state index is 0.171. The van der Waals surface area contributed by atoms with Crippen LogP contribution in [0.3, 0.4) is 0 Å². The van der Waals surface area contributed by atoms with E-state index >= 15 is 0 Å². The van der Waals surface area contributed by atoms with Crippen molar-refractivity contribution in [2.45, 2.75) is 37.2 Å². The van der Waals surface area contributed by atoms with Gasteiger partial charge in [-0.3, -0.25) is 9.80 Å². The second-order valence-corrected chi connectivity index (χ2v) is 11.1. The fourth-order valence-corrected chi connectivity index (χ4v) is 3.99. The average molecular weight is 371 g/mol. The van der Waals surface area contributed by atoms with Gasteiger partial charge in [-0.1, -0.05) is 0 Å². The molecule has 22 heavy (non-hydrogen) atoms. The minimum Gasteiger partial charge on any atom is -0.329 e. The summed E-state index contributed by atoms with van der Waals surface area (Å²) < 4.78 is 29.5. The predicted molar refractivity (Wildman–Crippen MR) is 99.4 cm³/mol. The Morgan fingerprint density at radius 2 is 1.55 bits per heavy atom. The first kappa shape index (κ1) is 20.7. The minimum atomic E-state index is -1.82. The summed E-state index contributed by atoms with van der Waals surface area (Å²) in [5.41, 5.74) is 0. The second-order valence-electron chi connectivity index (χ2n) is 7.02. The van der Waals surface area contributed by atoms with Crippen molar-refractivity contribution in [1.82, 2.24) is 9.80 Å². The lowest BCUT2D eigenvalue weighted by atomic mass is 10.1. The summed E-state index contributed by atoms with van der Waals surface area (Å²) in [6.07, 6.45) is 0. The van der Waals surface area contributed by atoms with Crippen LogP contribution in [0, 0.1) is 0 Å². The van der Waals surface area contributed by atoms with Crippen molar-refractivity contribution in [1.29, 1.82) is 0 Å². The van der Waals surface area contributed by atoms with Gasteiger partial charge in [0.1, 0.15) is 0 Å². The fraction of sp³-hybridized carbons (Fsp3) is 1.00. The molecule has 0 aromatic carbocycles. The second kappa shape index (κ2) is 9.25. The smallest absolute Gasteiger partial charge is 0.159 e. The van der Waals surface area contributed by atoms with Crippen molar-refractivity contribution in [3.63, 3.8) is 0 Å². The highest BCUT2D eigenvalue weighted by atomic mass is 32.2. The van der Waals surface area contributed by atoms with E-state index in [1.165, 1.54) is 0 Å². The number of hydrogen-bond donors (Lipinski definition) is 2. The van der Waals surface area contributed by atoms with Crippen molar-refractivity contribution in [3.05, 3.63) is 0 Å². The number of hydrogen-bond acceptors (Lipinski definition) is 6. The van der Waals surface area contributed by atoms with Crippen LogP contribution in [0.15, 0.2) is 0 Å². The molecule has 0 saturated carbocycles. The highest BCUT2D eigenvalue weighted by molar-refractivity contribution is 7.99. The van der Waals surface area contributed by atoms with Gasteiger partial charge < -0.3 is 9.11 Å². The Kier molecular flexibility index (Phi) is 8.71. The van der Waals surface area contributed by atoms with Crippen LogP contribution in [0.25, 0.3) is 0 Å². The van der Waals surface area contributed by atoms with Crippen molar-refractivity contribution >= 4 is 34.9 Å². The van der Waals surface area contributed by atoms with Crippen LogP contribution in [0.5, 0.6) is 0 Å². The molecule has 1 aliphatic rings. The summed E-state index contributed by atoms with van der Waals surface area (Å²) >= 11 is 1.03. The number of nitrogens with zero attached hydrogens (tertiary/aromatic N) is 2. The molecule has 0 spiro atoms. The molecule has 1 rings (SSSR count). The molecule has 2 N–H and O–H groups in total. The Hall–Kier alpha value is 0.690. The molecular formula is C14H30N2O3S3. The molecule has 0 amide bonds. The largest absolute Gasteiger partial charge is 0.329 e. The monoisotopic (exact) mass is 370 g/mol. The van der Waals surface area contributed by atoms with Gasteiger partial charge in [0.05, 0.1) is 4.75 Å². The van der Waals surface area contributed by atoms with Gasteiger partial charge in [0, 0.05) is 55.5 Å². The van der Waals surface area contributed by atoms with Crippen LogP contribution < -0.4 is 0 Å². The van der Waals surface area contributed by atoms with E-state index in [4.69, 9.17) is 0 Å². The molecular weight excluding hydrogens is 340 g/mol. The molecule has 1 fully saturated rings. The quantitative estimate of drug-likeness (QED) is 0.549. The molecule has 0 aliphatic carbocycles. The Balaban J connectivity index is 2.62. The van der Waals surface area contributed by atoms with Crippen molar-refractivity contribution in [3.8, 4) is 0 Å². The van der Waals surface area contributed by atoms with E-state index < -0.39 is 15.8 Å². The van der Waals surface area contributed by atoms with Gasteiger partial charge in [0.25, 0.3) is 0 Å². The van der Waals surface area contributed by atoms with E-state index in [0.717, 1.165) is 56.3 Å². The topological polar surface area (TPSA) is 64.0 Å². The Morgan fingerprint density at radius 1 is 1.05 bits per heavy atom. The lowest BCUT2D eigenvalue weighted by Gasteiger charge is -2.33. The van der Waals surface area contributed by atoms with Crippen LogP contribution in [0.1, 0.15) is 27.7 Å². The normalized spacial score (nSPS) is 21.9. The molecule has 0 radical (unpaired) electrons. The molecule has 1 atom stereocenters. The van der Waals surface area contributed by atoms with E-state index in [-0.39, 0.29) is 4.75 Å². The molecule has 1 unspecified atom stereocenters. The summed E-state index contributed by atoms with van der Waals surface area (Å²) in [7, 11) is 0. The summed E-state index contributed by atoms with van der Waals surface area (Å²) in [5.74, 6) is 2.15. The van der Waals surface area contributed by atoms with E-state index in [1.54, 1.807) is 0 Å². The van der Waals surface area contributed by atoms with E-state index in [9.17, 15) is 13.3 Å². The molecule has 1 heterocycles. The maximum atomic E-state index is 11.4. The Morgan fingerprint density at radius 3 is 2.00 bits per heavy atom. The van der Waals surface area contributed by atoms with Crippen LogP contribution in [0.2, 0.25) is 0 Å². The van der Waals surface area contributed by atoms with E-state index in [0.29, 0.717) is 6.54 Å². The number of rotatable bonds is 6. The summed E-state index contributed by atoms with van der Waals surface area (Å²) in [4.78, 5) is 4.68. The Bertz CT molecular complexity index is 367. The maximum Gasteiger partial charge on any atom is 0.159 e. The predicted octanol–water partition coefficient (Wildman–Crippen LogP) is 2.32. The first-order valence-electron chi connectivity index (χ1n) is 7.62. The van der Waals surface area contributed by atoms with Crippen molar-refractivity contribution in [2.75, 3.05) is 50.8 Å². The lowest BCUT2D eigenvalue weighted by Crippen LogP contribution is -2.46. The van der Waals surface area contributed by atoms with Gasteiger partial charge in [-0.2, -0.15) is 11.8 Å². The summed E-state index contributed by atoms with van der Waals surface area (Å²) in [6.45, 7) is 13.1. The fourth-order valence-electron chi connectivity index (χ4n) is 2.47. The van der Waals surface area contributed by atoms with E-state index in [2.05, 4.69) is 9.80 Å². The average Bonchev–Trinajstić information content (AvgIpc) is 2.51. The summed E-state index contributed by atoms with van der Waals surface area (Å²) in [6, 6.07) is 0. The van der Waals surface area contributed by atoms with Crippen LogP contribution in [-0.2, 0) is 11.1 Å². The molecule has 5 nitrogen and oxygen atoms in total. The first-order chi connectivity index (χ1) is 10.2. The molecule has 1 aliphatic heterocycles. The summed E-state index contributed by atoms with van der Waals surface area (Å²) in [5, 5.41) is 0. The van der Waals surface area contributed by atoms with Gasteiger partial charge >= 0.3 is 0 Å². The van der Waals surface area contributed by atoms with Gasteiger partial charge in [-0.15, -0.1) is 0 Å². The Labute approximate surface area is 146 Å². The number of thioether (sulfide) groups is 1. The third kappa shape index (κ3) is 7.51. The van der Waals surface area contributed by atoms with Crippen LogP contribution in [-0.4, -0.2) is 83.4 Å². The van der Waals surface area contributed by atoms with E-state index in [1.807, 2.05) is 39.5 Å². The zero-order valence-electron chi connectivity index (χ0n) is 14.1. The lowest BCUT2D eigenvalue weighted by molar-refractivity contribution is 0.200. The van der Waals surface area contributed by atoms with Crippen LogP contribution >= 0.6 is 23.8 Å². The highest BCUT2D eigenvalue weighted by Gasteiger charge is 2.29. The molecule has 0 aromatic heterocycles. The van der Waals surface area contributed by atoms with Crippen LogP contribution in [0.4, 0.5) is 0 Å². The molecule has 0 aromatic rings. The molecule has 1 saturated heterocycles. The highest BCUT2D eigenvalue weighted by Crippen LogP contribution is 2.23. The third-order valence-electron chi connectivity index (χ3n) is 3.76. The standard InChI is InChI=1S/C14H30N2O3S3/c1-13(2,21-17)11-15-5-6-16(8-10-20-9-7-15)12-14(3,4)22(18)19/h17H,5-12H2,1-4H3,(H,18,19).